The minimum Gasteiger partial charge on any atom is -0.349 e. The lowest BCUT2D eigenvalue weighted by Crippen LogP contribution is -2.31. The molecule has 140 valence electrons. The van der Waals surface area contributed by atoms with Crippen molar-refractivity contribution in [3.05, 3.63) is 83.9 Å². The van der Waals surface area contributed by atoms with E-state index in [2.05, 4.69) is 10.4 Å². The van der Waals surface area contributed by atoms with Crippen molar-refractivity contribution in [2.24, 2.45) is 5.92 Å². The molecular weight excluding hydrogens is 341 g/mol. The predicted molar refractivity (Wildman–Crippen MR) is 104 cm³/mol. The van der Waals surface area contributed by atoms with Crippen LogP contribution < -0.4 is 5.32 Å². The van der Waals surface area contributed by atoms with Gasteiger partial charge in [0.25, 0.3) is 0 Å². The maximum atomic E-state index is 13.2. The van der Waals surface area contributed by atoms with Gasteiger partial charge in [-0.25, -0.2) is 9.07 Å². The van der Waals surface area contributed by atoms with E-state index < -0.39 is 0 Å². The molecule has 0 saturated carbocycles. The molecule has 3 rings (SSSR count). The fraction of sp³-hybridized carbons (Fsp3) is 0.273. The van der Waals surface area contributed by atoms with E-state index in [0.717, 1.165) is 16.8 Å². The van der Waals surface area contributed by atoms with E-state index in [4.69, 9.17) is 0 Å². The smallest absolute Gasteiger partial charge is 0.220 e. The van der Waals surface area contributed by atoms with E-state index in [1.807, 2.05) is 55.1 Å². The van der Waals surface area contributed by atoms with Crippen LogP contribution in [-0.2, 0) is 11.2 Å². The molecular formula is C22H24FN3O. The number of amides is 1. The third-order valence-corrected chi connectivity index (χ3v) is 4.51. The Kier molecular flexibility index (Phi) is 6.01. The number of nitrogens with one attached hydrogen (secondary N) is 1. The van der Waals surface area contributed by atoms with E-state index >= 15 is 0 Å². The van der Waals surface area contributed by atoms with Gasteiger partial charge in [-0.2, -0.15) is 5.10 Å². The van der Waals surface area contributed by atoms with Crippen molar-refractivity contribution in [1.29, 1.82) is 0 Å². The molecule has 0 saturated heterocycles. The molecule has 3 aromatic rings. The summed E-state index contributed by atoms with van der Waals surface area (Å²) in [7, 11) is 0. The van der Waals surface area contributed by atoms with Gasteiger partial charge < -0.3 is 5.32 Å². The van der Waals surface area contributed by atoms with Crippen LogP contribution in [0.3, 0.4) is 0 Å². The van der Waals surface area contributed by atoms with Gasteiger partial charge in [0.15, 0.2) is 0 Å². The summed E-state index contributed by atoms with van der Waals surface area (Å²) in [6.07, 6.45) is 4.74. The van der Waals surface area contributed by atoms with Crippen LogP contribution in [0, 0.1) is 11.7 Å². The van der Waals surface area contributed by atoms with Gasteiger partial charge in [-0.3, -0.25) is 4.79 Å². The van der Waals surface area contributed by atoms with Crippen molar-refractivity contribution in [3.63, 3.8) is 0 Å². The van der Waals surface area contributed by atoms with E-state index in [-0.39, 0.29) is 23.7 Å². The van der Waals surface area contributed by atoms with Crippen molar-refractivity contribution in [2.45, 2.75) is 32.7 Å². The fourth-order valence-corrected chi connectivity index (χ4v) is 3.02. The zero-order chi connectivity index (χ0) is 19.2. The van der Waals surface area contributed by atoms with Crippen LogP contribution in [-0.4, -0.2) is 15.7 Å². The highest BCUT2D eigenvalue weighted by Crippen LogP contribution is 2.22. The summed E-state index contributed by atoms with van der Waals surface area (Å²) in [5, 5.41) is 7.43. The zero-order valence-corrected chi connectivity index (χ0v) is 15.6. The van der Waals surface area contributed by atoms with E-state index in [0.29, 0.717) is 12.8 Å². The highest BCUT2D eigenvalue weighted by molar-refractivity contribution is 5.76. The molecule has 0 fully saturated rings. The number of aromatic nitrogens is 2. The predicted octanol–water partition coefficient (Wildman–Crippen LogP) is 4.46. The summed E-state index contributed by atoms with van der Waals surface area (Å²) in [5.74, 6) is -0.0891. The Morgan fingerprint density at radius 3 is 2.48 bits per heavy atom. The monoisotopic (exact) mass is 365 g/mol. The van der Waals surface area contributed by atoms with Crippen LogP contribution in [0.5, 0.6) is 0 Å². The third kappa shape index (κ3) is 5.03. The molecule has 1 N–H and O–H groups in total. The molecule has 0 aliphatic rings. The minimum absolute atomic E-state index is 0.0227. The second-order valence-corrected chi connectivity index (χ2v) is 6.97. The van der Waals surface area contributed by atoms with Crippen LogP contribution >= 0.6 is 0 Å². The summed E-state index contributed by atoms with van der Waals surface area (Å²) in [4.78, 5) is 12.4. The summed E-state index contributed by atoms with van der Waals surface area (Å²) < 4.78 is 15.0. The first-order chi connectivity index (χ1) is 13.0. The van der Waals surface area contributed by atoms with E-state index in [9.17, 15) is 9.18 Å². The number of hydrogen-bond acceptors (Lipinski definition) is 2. The van der Waals surface area contributed by atoms with Gasteiger partial charge in [0.05, 0.1) is 17.9 Å². The van der Waals surface area contributed by atoms with Crippen LogP contribution in [0.4, 0.5) is 4.39 Å². The van der Waals surface area contributed by atoms with Crippen molar-refractivity contribution in [3.8, 4) is 5.69 Å². The first-order valence-electron chi connectivity index (χ1n) is 9.17. The Morgan fingerprint density at radius 1 is 1.11 bits per heavy atom. The molecule has 0 spiro atoms. The maximum Gasteiger partial charge on any atom is 0.220 e. The molecule has 27 heavy (non-hydrogen) atoms. The largest absolute Gasteiger partial charge is 0.349 e. The highest BCUT2D eigenvalue weighted by atomic mass is 19.1. The van der Waals surface area contributed by atoms with Crippen molar-refractivity contribution in [1.82, 2.24) is 15.1 Å². The molecule has 0 bridgehead atoms. The average molecular weight is 365 g/mol. The lowest BCUT2D eigenvalue weighted by molar-refractivity contribution is -0.122. The first kappa shape index (κ1) is 18.8. The molecule has 0 aliphatic carbocycles. The Balaban J connectivity index is 1.58. The zero-order valence-electron chi connectivity index (χ0n) is 15.6. The van der Waals surface area contributed by atoms with E-state index in [1.54, 1.807) is 18.3 Å². The Hall–Kier alpha value is -2.95. The number of aryl methyl sites for hydroxylation is 1. The molecule has 5 heteroatoms. The lowest BCUT2D eigenvalue weighted by Gasteiger charge is -2.23. The van der Waals surface area contributed by atoms with Crippen LogP contribution in [0.1, 0.15) is 37.4 Å². The standard InChI is InChI=1S/C22H24FN3O/c1-16(2)22(18-9-11-19(23)12-10-18)25-21(27)13-8-17-14-24-26(15-17)20-6-4-3-5-7-20/h3-7,9-12,14-16,22H,8,13H2,1-2H3,(H,25,27). The summed E-state index contributed by atoms with van der Waals surface area (Å²) in [5.41, 5.74) is 2.91. The molecule has 1 atom stereocenters. The van der Waals surface area contributed by atoms with Gasteiger partial charge >= 0.3 is 0 Å². The summed E-state index contributed by atoms with van der Waals surface area (Å²) in [6, 6.07) is 16.0. The lowest BCUT2D eigenvalue weighted by atomic mass is 9.95. The number of para-hydroxylation sites is 1. The van der Waals surface area contributed by atoms with Crippen molar-refractivity contribution >= 4 is 5.91 Å². The number of halogens is 1. The molecule has 4 nitrogen and oxygen atoms in total. The Bertz CT molecular complexity index is 872. The van der Waals surface area contributed by atoms with E-state index in [1.165, 1.54) is 12.1 Å². The second kappa shape index (κ2) is 8.62. The molecule has 1 unspecified atom stereocenters. The van der Waals surface area contributed by atoms with Gasteiger partial charge in [0, 0.05) is 12.6 Å². The van der Waals surface area contributed by atoms with Crippen LogP contribution in [0.25, 0.3) is 5.69 Å². The number of carbonyl (C=O) groups excluding carboxylic acids is 1. The number of carbonyl (C=O) groups is 1. The quantitative estimate of drug-likeness (QED) is 0.672. The molecule has 1 aromatic heterocycles. The average Bonchev–Trinajstić information content (AvgIpc) is 3.15. The molecule has 1 heterocycles. The van der Waals surface area contributed by atoms with Gasteiger partial charge in [-0.05, 0) is 47.7 Å². The number of hydrogen-bond donors (Lipinski definition) is 1. The molecule has 1 amide bonds. The van der Waals surface area contributed by atoms with Crippen LogP contribution in [0.15, 0.2) is 67.0 Å². The third-order valence-electron chi connectivity index (χ3n) is 4.51. The SMILES string of the molecule is CC(C)C(NC(=O)CCc1cnn(-c2ccccc2)c1)c1ccc(F)cc1. The first-order valence-corrected chi connectivity index (χ1v) is 9.17. The minimum atomic E-state index is -0.275. The van der Waals surface area contributed by atoms with Crippen LogP contribution in [0.2, 0.25) is 0 Å². The normalized spacial score (nSPS) is 12.1. The second-order valence-electron chi connectivity index (χ2n) is 6.97. The van der Waals surface area contributed by atoms with Crippen molar-refractivity contribution in [2.75, 3.05) is 0 Å². The van der Waals surface area contributed by atoms with Gasteiger partial charge in [-0.15, -0.1) is 0 Å². The molecule has 2 aromatic carbocycles. The molecule has 0 aliphatic heterocycles. The number of benzene rings is 2. The maximum absolute atomic E-state index is 13.2. The number of nitrogens with zero attached hydrogens (tertiary/aromatic N) is 2. The van der Waals surface area contributed by atoms with Gasteiger partial charge in [0.1, 0.15) is 5.82 Å². The Morgan fingerprint density at radius 2 is 1.81 bits per heavy atom. The summed E-state index contributed by atoms with van der Waals surface area (Å²) in [6.45, 7) is 4.08. The van der Waals surface area contributed by atoms with Gasteiger partial charge in [0.2, 0.25) is 5.91 Å². The summed E-state index contributed by atoms with van der Waals surface area (Å²) >= 11 is 0. The van der Waals surface area contributed by atoms with Crippen molar-refractivity contribution < 1.29 is 9.18 Å². The number of rotatable bonds is 7. The highest BCUT2D eigenvalue weighted by Gasteiger charge is 2.18. The topological polar surface area (TPSA) is 46.9 Å². The Labute approximate surface area is 159 Å². The molecule has 0 radical (unpaired) electrons. The fourth-order valence-electron chi connectivity index (χ4n) is 3.02. The van der Waals surface area contributed by atoms with Gasteiger partial charge in [-0.1, -0.05) is 44.2 Å².